The highest BCUT2D eigenvalue weighted by molar-refractivity contribution is 7.47. The number of phosphoric ester groups is 1. The molecular weight excluding hydrogens is 527 g/mol. The topological polar surface area (TPSA) is 80.7 Å². The number of nitrogens with zero attached hydrogens (tertiary/aromatic N) is 2. The molecule has 0 saturated heterocycles. The normalized spacial score (nSPS) is 15.5. The lowest BCUT2D eigenvalue weighted by atomic mass is 10.0. The first kappa shape index (κ1) is 34.6. The Kier molecular flexibility index (Phi) is 18.3. The fourth-order valence-electron chi connectivity index (χ4n) is 4.64. The van der Waals surface area contributed by atoms with E-state index in [0.717, 1.165) is 18.4 Å². The minimum absolute atomic E-state index is 0.0986. The monoisotopic (exact) mass is 581 g/mol. The van der Waals surface area contributed by atoms with E-state index in [9.17, 15) is 9.46 Å². The van der Waals surface area contributed by atoms with Gasteiger partial charge in [-0.05, 0) is 12.5 Å². The summed E-state index contributed by atoms with van der Waals surface area (Å²) in [7, 11) is -0.858. The smallest absolute Gasteiger partial charge is 0.404 e. The highest BCUT2D eigenvalue weighted by Crippen LogP contribution is 2.45. The number of hydrogen-bond donors (Lipinski definition) is 1. The van der Waals surface area contributed by atoms with Crippen molar-refractivity contribution in [1.29, 1.82) is 0 Å². The summed E-state index contributed by atoms with van der Waals surface area (Å²) in [5.41, 5.74) is 0.774. The van der Waals surface area contributed by atoms with Crippen LogP contribution < -0.4 is 4.52 Å². The van der Waals surface area contributed by atoms with Gasteiger partial charge >= 0.3 is 7.82 Å². The summed E-state index contributed by atoms with van der Waals surface area (Å²) in [5, 5.41) is 0. The number of hydrogen-bond acceptors (Lipinski definition) is 7. The van der Waals surface area contributed by atoms with Gasteiger partial charge in [0.15, 0.2) is 0 Å². The molecule has 1 N–H and O–H groups in total. The molecule has 40 heavy (non-hydrogen) atoms. The van der Waals surface area contributed by atoms with Crippen LogP contribution in [0.2, 0.25) is 0 Å². The first-order valence-electron chi connectivity index (χ1n) is 15.3. The molecule has 0 fully saturated rings. The van der Waals surface area contributed by atoms with Gasteiger partial charge in [0.2, 0.25) is 0 Å². The van der Waals surface area contributed by atoms with Crippen LogP contribution in [-0.2, 0) is 25.1 Å². The third-order valence-corrected chi connectivity index (χ3v) is 7.97. The van der Waals surface area contributed by atoms with Crippen molar-refractivity contribution < 1.29 is 28.0 Å². The zero-order valence-corrected chi connectivity index (χ0v) is 26.1. The zero-order chi connectivity index (χ0) is 28.9. The van der Waals surface area contributed by atoms with Crippen LogP contribution in [0.4, 0.5) is 0 Å². The van der Waals surface area contributed by atoms with Crippen LogP contribution in [0.3, 0.4) is 0 Å². The quantitative estimate of drug-likeness (QED) is 0.0918. The maximum absolute atomic E-state index is 12.6. The Morgan fingerprint density at radius 1 is 0.850 bits per heavy atom. The molecular formula is C31H54N2O6P. The van der Waals surface area contributed by atoms with Crippen molar-refractivity contribution in [3.63, 3.8) is 0 Å². The number of phosphoric acid groups is 1. The van der Waals surface area contributed by atoms with Gasteiger partial charge in [-0.15, -0.1) is 0 Å². The molecule has 0 amide bonds. The highest BCUT2D eigenvalue weighted by Gasteiger charge is 2.27. The molecule has 2 rings (SSSR count). The van der Waals surface area contributed by atoms with Gasteiger partial charge in [-0.2, -0.15) is 0 Å². The molecule has 2 unspecified atom stereocenters. The van der Waals surface area contributed by atoms with Gasteiger partial charge in [0, 0.05) is 45.3 Å². The molecule has 1 aliphatic rings. The highest BCUT2D eigenvalue weighted by atomic mass is 31.2. The van der Waals surface area contributed by atoms with Crippen molar-refractivity contribution in [3.05, 3.63) is 48.9 Å². The van der Waals surface area contributed by atoms with Crippen LogP contribution >= 0.6 is 7.82 Å². The van der Waals surface area contributed by atoms with E-state index >= 15 is 0 Å². The fourth-order valence-corrected chi connectivity index (χ4v) is 5.48. The molecule has 1 aliphatic heterocycles. The SMILES string of the molecule is CCCCCCCCCCCCCCCCOCC(COP(=O)(O)Oc1ccccc1CN1[CH]N(C)C=C1)OC. The molecule has 229 valence electrons. The summed E-state index contributed by atoms with van der Waals surface area (Å²) in [6.45, 7) is 5.55. The van der Waals surface area contributed by atoms with E-state index in [1.165, 1.54) is 77.0 Å². The average Bonchev–Trinajstić information content (AvgIpc) is 3.35. The Morgan fingerprint density at radius 3 is 2.02 bits per heavy atom. The van der Waals surface area contributed by atoms with E-state index in [2.05, 4.69) is 6.92 Å². The zero-order valence-electron chi connectivity index (χ0n) is 25.2. The molecule has 0 spiro atoms. The molecule has 0 aliphatic carbocycles. The minimum atomic E-state index is -4.33. The van der Waals surface area contributed by atoms with Crippen LogP contribution in [0.15, 0.2) is 36.7 Å². The van der Waals surface area contributed by atoms with Crippen molar-refractivity contribution in [2.75, 3.05) is 34.0 Å². The predicted octanol–water partition coefficient (Wildman–Crippen LogP) is 8.03. The number of unbranched alkanes of at least 4 members (excludes halogenated alkanes) is 13. The van der Waals surface area contributed by atoms with Crippen LogP contribution in [0.5, 0.6) is 5.75 Å². The minimum Gasteiger partial charge on any atom is -0.404 e. The van der Waals surface area contributed by atoms with Gasteiger partial charge in [0.25, 0.3) is 0 Å². The average molecular weight is 582 g/mol. The van der Waals surface area contributed by atoms with Gasteiger partial charge in [0.05, 0.1) is 13.2 Å². The van der Waals surface area contributed by atoms with E-state index in [4.69, 9.17) is 18.5 Å². The Hall–Kier alpha value is -1.57. The van der Waals surface area contributed by atoms with Gasteiger partial charge in [-0.3, -0.25) is 9.42 Å². The standard InChI is InChI=1S/C31H54N2O6P/c1-4-5-6-7-8-9-10-11-12-13-14-15-16-19-24-37-26-30(36-3)27-38-40(34,35)39-31-21-18-17-20-29(31)25-33-23-22-32(2)28-33/h17-18,20-23,28,30H,4-16,19,24-27H2,1-3H3,(H,34,35). The molecule has 2 atom stereocenters. The second kappa shape index (κ2) is 21.2. The number of methoxy groups -OCH3 is 1. The molecule has 1 aromatic carbocycles. The molecule has 0 saturated carbocycles. The Bertz CT molecular complexity index is 855. The van der Waals surface area contributed by atoms with Gasteiger partial charge < -0.3 is 23.8 Å². The summed E-state index contributed by atoms with van der Waals surface area (Å²) in [6, 6.07) is 7.15. The summed E-state index contributed by atoms with van der Waals surface area (Å²) in [5.74, 6) is 0.313. The Morgan fingerprint density at radius 2 is 1.45 bits per heavy atom. The maximum atomic E-state index is 12.6. The summed E-state index contributed by atoms with van der Waals surface area (Å²) in [6.07, 6.45) is 21.9. The number of para-hydroxylation sites is 1. The van der Waals surface area contributed by atoms with Gasteiger partial charge in [-0.25, -0.2) is 4.57 Å². The first-order valence-corrected chi connectivity index (χ1v) is 16.8. The summed E-state index contributed by atoms with van der Waals surface area (Å²) in [4.78, 5) is 14.2. The molecule has 9 heteroatoms. The van der Waals surface area contributed by atoms with E-state index < -0.39 is 13.9 Å². The number of benzene rings is 1. The maximum Gasteiger partial charge on any atom is 0.527 e. The van der Waals surface area contributed by atoms with Crippen LogP contribution in [-0.4, -0.2) is 54.8 Å². The third kappa shape index (κ3) is 16.0. The Balaban J connectivity index is 1.51. The molecule has 8 nitrogen and oxygen atoms in total. The van der Waals surface area contributed by atoms with Crippen LogP contribution in [0.1, 0.15) is 102 Å². The first-order chi connectivity index (χ1) is 19.4. The predicted molar refractivity (Wildman–Crippen MR) is 162 cm³/mol. The van der Waals surface area contributed by atoms with Crippen LogP contribution in [0.25, 0.3) is 0 Å². The summed E-state index contributed by atoms with van der Waals surface area (Å²) >= 11 is 0. The van der Waals surface area contributed by atoms with E-state index in [1.54, 1.807) is 19.2 Å². The largest absolute Gasteiger partial charge is 0.527 e. The second-order valence-corrected chi connectivity index (χ2v) is 12.1. The third-order valence-electron chi connectivity index (χ3n) is 7.07. The van der Waals surface area contributed by atoms with E-state index in [1.807, 2.05) is 48.0 Å². The lowest BCUT2D eigenvalue weighted by Crippen LogP contribution is -2.24. The van der Waals surface area contributed by atoms with Crippen molar-refractivity contribution in [2.24, 2.45) is 0 Å². The van der Waals surface area contributed by atoms with Crippen molar-refractivity contribution >= 4 is 7.82 Å². The number of ether oxygens (including phenoxy) is 2. The molecule has 1 aromatic rings. The van der Waals surface area contributed by atoms with E-state index in [0.29, 0.717) is 25.5 Å². The van der Waals surface area contributed by atoms with Crippen molar-refractivity contribution in [2.45, 2.75) is 109 Å². The van der Waals surface area contributed by atoms with E-state index in [-0.39, 0.29) is 6.61 Å². The lowest BCUT2D eigenvalue weighted by Gasteiger charge is -2.21. The molecule has 1 heterocycles. The lowest BCUT2D eigenvalue weighted by molar-refractivity contribution is -0.0197. The van der Waals surface area contributed by atoms with Crippen molar-refractivity contribution in [1.82, 2.24) is 9.80 Å². The van der Waals surface area contributed by atoms with Gasteiger partial charge in [0.1, 0.15) is 18.5 Å². The number of rotatable bonds is 25. The van der Waals surface area contributed by atoms with Crippen molar-refractivity contribution in [3.8, 4) is 5.75 Å². The summed E-state index contributed by atoms with van der Waals surface area (Å²) < 4.78 is 34.4. The molecule has 0 aromatic heterocycles. The Labute approximate surface area is 243 Å². The fraction of sp³-hybridized carbons (Fsp3) is 0.710. The second-order valence-electron chi connectivity index (χ2n) is 10.7. The van der Waals surface area contributed by atoms with Crippen LogP contribution in [0, 0.1) is 6.67 Å². The van der Waals surface area contributed by atoms with Gasteiger partial charge in [-0.1, -0.05) is 109 Å². The molecule has 0 bridgehead atoms. The molecule has 1 radical (unpaired) electrons.